The Morgan fingerprint density at radius 1 is 1.07 bits per heavy atom. The van der Waals surface area contributed by atoms with Gasteiger partial charge in [-0.1, -0.05) is 0 Å². The van der Waals surface area contributed by atoms with Crippen molar-refractivity contribution in [1.29, 1.82) is 5.26 Å². The molecule has 0 saturated carbocycles. The van der Waals surface area contributed by atoms with Crippen LogP contribution in [0.3, 0.4) is 0 Å². The quantitative estimate of drug-likeness (QED) is 0.581. The molecule has 64 valence electrons. The van der Waals surface area contributed by atoms with Crippen LogP contribution in [0, 0.1) is 10.2 Å². The predicted octanol–water partition coefficient (Wildman–Crippen LogP) is 1.65. The maximum absolute atomic E-state index is 7.26. The summed E-state index contributed by atoms with van der Waals surface area (Å²) in [4.78, 5) is 1.62. The van der Waals surface area contributed by atoms with Crippen LogP contribution in [0.4, 0.5) is 0 Å². The first-order valence-corrected chi connectivity index (χ1v) is 7.71. The maximum atomic E-state index is 7.26. The number of hydrogen-bond donors (Lipinski definition) is 0. The van der Waals surface area contributed by atoms with E-state index >= 15 is 0 Å². The number of hydrogen-bond acceptors (Lipinski definition) is 1. The summed E-state index contributed by atoms with van der Waals surface area (Å²) in [5.74, 6) is 0. The van der Waals surface area contributed by atoms with E-state index in [4.69, 9.17) is 5.26 Å². The molecule has 0 bridgehead atoms. The Balaban J connectivity index is 0.000000293. The molecular weight excluding hydrogens is 426 g/mol. The summed E-state index contributed by atoms with van der Waals surface area (Å²) in [6.07, 6.45) is 0. The second-order valence-electron chi connectivity index (χ2n) is 2.73. The van der Waals surface area contributed by atoms with E-state index in [2.05, 4.69) is 58.5 Å². The van der Waals surface area contributed by atoms with Gasteiger partial charge in [0.15, 0.2) is 0 Å². The summed E-state index contributed by atoms with van der Waals surface area (Å²) in [6, 6.07) is 15.1. The number of nitriles is 1. The third-order valence-corrected chi connectivity index (χ3v) is 4.28. The molecule has 0 unspecified atom stereocenters. The van der Waals surface area contributed by atoms with Crippen LogP contribution in [0.15, 0.2) is 42.5 Å². The second-order valence-corrected chi connectivity index (χ2v) is 6.07. The molecule has 2 aromatic rings. The molecule has 14 heavy (non-hydrogen) atoms. The van der Waals surface area contributed by atoms with Crippen molar-refractivity contribution < 1.29 is 26.1 Å². The second kappa shape index (κ2) is 6.19. The Bertz CT molecular complexity index is 457. The zero-order valence-corrected chi connectivity index (χ0v) is 14.8. The van der Waals surface area contributed by atoms with E-state index in [0.717, 1.165) is 26.1 Å². The van der Waals surface area contributed by atoms with Crippen molar-refractivity contribution in [3.63, 3.8) is 0 Å². The molecule has 0 aliphatic heterocycles. The van der Waals surface area contributed by atoms with Gasteiger partial charge in [0.2, 0.25) is 0 Å². The van der Waals surface area contributed by atoms with Crippen molar-refractivity contribution in [3.8, 4) is 4.97 Å². The Hall–Kier alpha value is -0.355. The molecule has 1 radical (unpaired) electrons. The molecule has 0 amide bonds. The van der Waals surface area contributed by atoms with E-state index in [-0.39, 0.29) is 0 Å². The first-order chi connectivity index (χ1) is 6.79. The fraction of sp³-hybridized carbons (Fsp3) is 0. The third kappa shape index (κ3) is 3.10. The van der Waals surface area contributed by atoms with Crippen molar-refractivity contribution in [2.75, 3.05) is 0 Å². The molecule has 0 atom stereocenters. The Labute approximate surface area is 108 Å². The van der Waals surface area contributed by atoms with Gasteiger partial charge in [-0.2, -0.15) is 0 Å². The van der Waals surface area contributed by atoms with E-state index in [1.807, 2.05) is 0 Å². The monoisotopic (exact) mass is 435 g/mol. The normalized spacial score (nSPS) is 8.64. The van der Waals surface area contributed by atoms with Gasteiger partial charge in [0.1, 0.15) is 0 Å². The molecule has 0 spiro atoms. The Morgan fingerprint density at radius 3 is 2.29 bits per heavy atom. The molecule has 0 aliphatic rings. The first kappa shape index (κ1) is 11.7. The standard InChI is InChI=1S/C10H7.CNSe.Hg/c1-2-6-10-8-4-3-7-9(10)5-1;2-1-3;/h1-7H;;. The van der Waals surface area contributed by atoms with Crippen LogP contribution in [0.5, 0.6) is 0 Å². The Kier molecular flexibility index (Phi) is 5.18. The third-order valence-electron chi connectivity index (χ3n) is 1.88. The molecule has 0 N–H and O–H groups in total. The molecule has 2 rings (SSSR count). The van der Waals surface area contributed by atoms with Crippen LogP contribution in [0.2, 0.25) is 0 Å². The molecule has 3 heteroatoms. The number of nitrogens with zero attached hydrogens (tertiary/aromatic N) is 1. The van der Waals surface area contributed by atoms with Crippen LogP contribution in [0.25, 0.3) is 10.8 Å². The minimum atomic E-state index is 0.735. The van der Waals surface area contributed by atoms with E-state index in [9.17, 15) is 0 Å². The number of benzene rings is 2. The summed E-state index contributed by atoms with van der Waals surface area (Å²) in [6.45, 7) is 0. The fourth-order valence-corrected chi connectivity index (χ4v) is 3.07. The van der Waals surface area contributed by atoms with Gasteiger partial charge in [-0.05, 0) is 0 Å². The van der Waals surface area contributed by atoms with Gasteiger partial charge in [0.05, 0.1) is 0 Å². The van der Waals surface area contributed by atoms with E-state index in [1.54, 1.807) is 8.04 Å². The van der Waals surface area contributed by atoms with Gasteiger partial charge in [-0.25, -0.2) is 0 Å². The molecule has 0 heterocycles. The van der Waals surface area contributed by atoms with Crippen molar-refractivity contribution in [3.05, 3.63) is 42.5 Å². The van der Waals surface area contributed by atoms with E-state index < -0.39 is 0 Å². The van der Waals surface area contributed by atoms with Crippen LogP contribution < -0.4 is 3.07 Å². The molecule has 0 saturated heterocycles. The van der Waals surface area contributed by atoms with Crippen molar-refractivity contribution in [2.24, 2.45) is 0 Å². The van der Waals surface area contributed by atoms with E-state index in [0.29, 0.717) is 0 Å². The number of fused-ring (bicyclic) bond motifs is 1. The van der Waals surface area contributed by atoms with Gasteiger partial charge in [0, 0.05) is 0 Å². The molecule has 2 aromatic carbocycles. The van der Waals surface area contributed by atoms with Gasteiger partial charge >= 0.3 is 109 Å². The predicted molar refractivity (Wildman–Crippen MR) is 54.9 cm³/mol. The topological polar surface area (TPSA) is 23.8 Å². The van der Waals surface area contributed by atoms with Gasteiger partial charge < -0.3 is 0 Å². The van der Waals surface area contributed by atoms with Crippen molar-refractivity contribution in [2.45, 2.75) is 0 Å². The molecular formula is C11H7HgNSe. The zero-order valence-electron chi connectivity index (χ0n) is 7.60. The van der Waals surface area contributed by atoms with Gasteiger partial charge in [-0.15, -0.1) is 0 Å². The zero-order chi connectivity index (χ0) is 10.4. The average molecular weight is 433 g/mol. The molecule has 0 aliphatic carbocycles. The van der Waals surface area contributed by atoms with Gasteiger partial charge in [0.25, 0.3) is 0 Å². The summed E-state index contributed by atoms with van der Waals surface area (Å²) in [5, 5.41) is 10.1. The van der Waals surface area contributed by atoms with Crippen LogP contribution in [0.1, 0.15) is 0 Å². The summed E-state index contributed by atoms with van der Waals surface area (Å²) in [5.41, 5.74) is 0. The summed E-state index contributed by atoms with van der Waals surface area (Å²) >= 11 is 2.85. The minimum absolute atomic E-state index is 0.735. The fourth-order valence-electron chi connectivity index (χ4n) is 1.29. The van der Waals surface area contributed by atoms with Crippen LogP contribution in [-0.4, -0.2) is 16.0 Å². The Morgan fingerprint density at radius 2 is 1.64 bits per heavy atom. The first-order valence-electron chi connectivity index (χ1n) is 4.10. The average Bonchev–Trinajstić information content (AvgIpc) is 2.20. The van der Waals surface area contributed by atoms with Crippen LogP contribution in [-0.2, 0) is 26.1 Å². The summed E-state index contributed by atoms with van der Waals surface area (Å²) in [7, 11) is 0. The van der Waals surface area contributed by atoms with Crippen LogP contribution >= 0.6 is 0 Å². The van der Waals surface area contributed by atoms with Gasteiger partial charge in [-0.3, -0.25) is 0 Å². The van der Waals surface area contributed by atoms with E-state index in [1.165, 1.54) is 10.8 Å². The van der Waals surface area contributed by atoms with Crippen molar-refractivity contribution >= 4 is 29.9 Å². The molecule has 0 fully saturated rings. The number of rotatable bonds is 0. The molecule has 1 nitrogen and oxygen atoms in total. The molecule has 0 aromatic heterocycles. The van der Waals surface area contributed by atoms with Crippen molar-refractivity contribution in [1.82, 2.24) is 0 Å². The SMILES string of the molecule is N#C[Se].[Hg][c]1cccc2ccccc12. The summed E-state index contributed by atoms with van der Waals surface area (Å²) < 4.78 is 1.54.